The van der Waals surface area contributed by atoms with Crippen molar-refractivity contribution in [3.63, 3.8) is 0 Å². The van der Waals surface area contributed by atoms with Crippen molar-refractivity contribution in [1.29, 1.82) is 0 Å². The first-order chi connectivity index (χ1) is 12.6. The zero-order valence-electron chi connectivity index (χ0n) is 15.1. The Morgan fingerprint density at radius 3 is 2.58 bits per heavy atom. The molecule has 1 amide bonds. The van der Waals surface area contributed by atoms with Gasteiger partial charge in [0.05, 0.1) is 0 Å². The van der Waals surface area contributed by atoms with Gasteiger partial charge in [-0.1, -0.05) is 30.0 Å². The summed E-state index contributed by atoms with van der Waals surface area (Å²) in [5, 5.41) is 3.94. The van der Waals surface area contributed by atoms with Crippen molar-refractivity contribution in [2.45, 2.75) is 11.7 Å². The Labute approximate surface area is 158 Å². The third-order valence-corrected chi connectivity index (χ3v) is 4.62. The molecule has 0 fully saturated rings. The molecule has 0 aliphatic heterocycles. The van der Waals surface area contributed by atoms with Gasteiger partial charge >= 0.3 is 0 Å². The Kier molecular flexibility index (Phi) is 5.75. The summed E-state index contributed by atoms with van der Waals surface area (Å²) in [6.07, 6.45) is 5.68. The number of anilines is 1. The number of rotatable bonds is 6. The summed E-state index contributed by atoms with van der Waals surface area (Å²) >= 11 is 1.58. The number of carbonyl (C=O) groups excluding carboxylic acids is 1. The molecule has 0 aliphatic rings. The summed E-state index contributed by atoms with van der Waals surface area (Å²) in [5.41, 5.74) is 3.54. The van der Waals surface area contributed by atoms with E-state index >= 15 is 0 Å². The van der Waals surface area contributed by atoms with E-state index in [-0.39, 0.29) is 5.91 Å². The molecule has 3 rings (SSSR count). The van der Waals surface area contributed by atoms with Crippen molar-refractivity contribution < 1.29 is 4.79 Å². The second-order valence-electron chi connectivity index (χ2n) is 6.18. The summed E-state index contributed by atoms with van der Waals surface area (Å²) in [5.74, 6) is -0.113. The van der Waals surface area contributed by atoms with Crippen molar-refractivity contribution in [3.05, 3.63) is 72.1 Å². The lowest BCUT2D eigenvalue weighted by atomic mass is 10.1. The first kappa shape index (κ1) is 18.2. The number of nitrogens with zero attached hydrogens (tertiary/aromatic N) is 3. The van der Waals surface area contributed by atoms with E-state index in [0.29, 0.717) is 5.56 Å². The Bertz CT molecular complexity index is 887. The largest absolute Gasteiger partial charge is 0.322 e. The van der Waals surface area contributed by atoms with Gasteiger partial charge in [0.2, 0.25) is 0 Å². The van der Waals surface area contributed by atoms with Crippen molar-refractivity contribution in [2.75, 3.05) is 25.7 Å². The van der Waals surface area contributed by atoms with Crippen LogP contribution in [0.1, 0.15) is 15.9 Å². The maximum absolute atomic E-state index is 12.6. The molecular formula is C20H22N4OS. The number of carbonyl (C=O) groups is 1. The average molecular weight is 366 g/mol. The van der Waals surface area contributed by atoms with Crippen molar-refractivity contribution in [3.8, 4) is 5.69 Å². The quantitative estimate of drug-likeness (QED) is 0.672. The van der Waals surface area contributed by atoms with Gasteiger partial charge in [-0.05, 0) is 56.2 Å². The molecule has 3 aromatic rings. The molecule has 0 unspecified atom stereocenters. The Balaban J connectivity index is 1.77. The summed E-state index contributed by atoms with van der Waals surface area (Å²) in [6, 6.07) is 15.4. The number of imidazole rings is 1. The molecule has 0 saturated carbocycles. The minimum atomic E-state index is -0.113. The number of benzene rings is 2. The molecule has 0 bridgehead atoms. The molecule has 26 heavy (non-hydrogen) atoms. The topological polar surface area (TPSA) is 50.2 Å². The van der Waals surface area contributed by atoms with E-state index in [2.05, 4.69) is 15.2 Å². The zero-order chi connectivity index (χ0) is 18.5. The van der Waals surface area contributed by atoms with Crippen LogP contribution in [0.25, 0.3) is 5.69 Å². The molecule has 134 valence electrons. The van der Waals surface area contributed by atoms with Crippen LogP contribution in [0, 0.1) is 0 Å². The van der Waals surface area contributed by atoms with Gasteiger partial charge in [0.25, 0.3) is 5.91 Å². The SMILES string of the molecule is CSc1nccn1-c1ccc(C(=O)Nc2ccccc2CN(C)C)cc1. The molecule has 2 aromatic carbocycles. The maximum Gasteiger partial charge on any atom is 0.255 e. The number of amides is 1. The maximum atomic E-state index is 12.6. The van der Waals surface area contributed by atoms with Crippen molar-refractivity contribution in [1.82, 2.24) is 14.5 Å². The summed E-state index contributed by atoms with van der Waals surface area (Å²) in [6.45, 7) is 0.771. The van der Waals surface area contributed by atoms with Gasteiger partial charge in [0.15, 0.2) is 5.16 Å². The minimum Gasteiger partial charge on any atom is -0.322 e. The van der Waals surface area contributed by atoms with E-state index in [9.17, 15) is 4.79 Å². The van der Waals surface area contributed by atoms with Crippen LogP contribution < -0.4 is 5.32 Å². The van der Waals surface area contributed by atoms with E-state index in [4.69, 9.17) is 0 Å². The lowest BCUT2D eigenvalue weighted by molar-refractivity contribution is 0.102. The molecule has 1 aromatic heterocycles. The second kappa shape index (κ2) is 8.21. The lowest BCUT2D eigenvalue weighted by Crippen LogP contribution is -2.16. The fourth-order valence-electron chi connectivity index (χ4n) is 2.73. The number of thioether (sulfide) groups is 1. The smallest absolute Gasteiger partial charge is 0.255 e. The van der Waals surface area contributed by atoms with Crippen LogP contribution in [0.4, 0.5) is 5.69 Å². The van der Waals surface area contributed by atoms with E-state index < -0.39 is 0 Å². The van der Waals surface area contributed by atoms with Crippen LogP contribution in [0.5, 0.6) is 0 Å². The highest BCUT2D eigenvalue weighted by Crippen LogP contribution is 2.20. The van der Waals surface area contributed by atoms with Gasteiger partial charge in [0.1, 0.15) is 0 Å². The van der Waals surface area contributed by atoms with E-state index in [1.165, 1.54) is 0 Å². The molecule has 0 radical (unpaired) electrons. The molecule has 6 heteroatoms. The number of aromatic nitrogens is 2. The summed E-state index contributed by atoms with van der Waals surface area (Å²) < 4.78 is 2.00. The first-order valence-corrected chi connectivity index (χ1v) is 9.52. The second-order valence-corrected chi connectivity index (χ2v) is 6.95. The lowest BCUT2D eigenvalue weighted by Gasteiger charge is -2.15. The monoisotopic (exact) mass is 366 g/mol. The van der Waals surface area contributed by atoms with Gasteiger partial charge in [-0.15, -0.1) is 0 Å². The van der Waals surface area contributed by atoms with Gasteiger partial charge in [0, 0.05) is 35.9 Å². The molecule has 0 saturated heterocycles. The fraction of sp³-hybridized carbons (Fsp3) is 0.200. The van der Waals surface area contributed by atoms with E-state index in [1.807, 2.05) is 79.6 Å². The zero-order valence-corrected chi connectivity index (χ0v) is 16.0. The van der Waals surface area contributed by atoms with Gasteiger partial charge in [-0.25, -0.2) is 4.98 Å². The Hall–Kier alpha value is -2.57. The average Bonchev–Trinajstić information content (AvgIpc) is 3.12. The van der Waals surface area contributed by atoms with Crippen LogP contribution in [0.2, 0.25) is 0 Å². The Morgan fingerprint density at radius 1 is 1.15 bits per heavy atom. The van der Waals surface area contributed by atoms with Crippen molar-refractivity contribution >= 4 is 23.4 Å². The number of para-hydroxylation sites is 1. The number of hydrogen-bond donors (Lipinski definition) is 1. The normalized spacial score (nSPS) is 10.9. The van der Waals surface area contributed by atoms with Gasteiger partial charge in [-0.2, -0.15) is 0 Å². The van der Waals surface area contributed by atoms with Crippen LogP contribution in [0.15, 0.2) is 66.1 Å². The van der Waals surface area contributed by atoms with E-state index in [0.717, 1.165) is 28.6 Å². The molecule has 0 atom stereocenters. The van der Waals surface area contributed by atoms with Crippen molar-refractivity contribution in [2.24, 2.45) is 0 Å². The van der Waals surface area contributed by atoms with Gasteiger partial charge in [-0.3, -0.25) is 9.36 Å². The molecule has 1 heterocycles. The minimum absolute atomic E-state index is 0.113. The van der Waals surface area contributed by atoms with Crippen LogP contribution in [0.3, 0.4) is 0 Å². The van der Waals surface area contributed by atoms with Crippen LogP contribution in [-0.4, -0.2) is 40.7 Å². The highest BCUT2D eigenvalue weighted by atomic mass is 32.2. The van der Waals surface area contributed by atoms with Crippen LogP contribution in [-0.2, 0) is 6.54 Å². The Morgan fingerprint density at radius 2 is 1.88 bits per heavy atom. The predicted octanol–water partition coefficient (Wildman–Crippen LogP) is 3.91. The molecule has 1 N–H and O–H groups in total. The number of nitrogens with one attached hydrogen (secondary N) is 1. The van der Waals surface area contributed by atoms with Gasteiger partial charge < -0.3 is 10.2 Å². The standard InChI is InChI=1S/C20H22N4OS/c1-23(2)14-16-6-4-5-7-18(16)22-19(25)15-8-10-17(11-9-15)24-13-12-21-20(24)26-3/h4-13H,14H2,1-3H3,(H,22,25). The highest BCUT2D eigenvalue weighted by molar-refractivity contribution is 7.98. The molecule has 5 nitrogen and oxygen atoms in total. The third kappa shape index (κ3) is 4.15. The fourth-order valence-corrected chi connectivity index (χ4v) is 3.26. The number of hydrogen-bond acceptors (Lipinski definition) is 4. The van der Waals surface area contributed by atoms with Crippen LogP contribution >= 0.6 is 11.8 Å². The summed E-state index contributed by atoms with van der Waals surface area (Å²) in [7, 11) is 4.02. The summed E-state index contributed by atoms with van der Waals surface area (Å²) in [4.78, 5) is 19.0. The first-order valence-electron chi connectivity index (χ1n) is 8.30. The molecular weight excluding hydrogens is 344 g/mol. The highest BCUT2D eigenvalue weighted by Gasteiger charge is 2.10. The third-order valence-electron chi connectivity index (χ3n) is 3.95. The predicted molar refractivity (Wildman–Crippen MR) is 107 cm³/mol. The molecule has 0 aliphatic carbocycles. The van der Waals surface area contributed by atoms with E-state index in [1.54, 1.807) is 18.0 Å². The molecule has 0 spiro atoms.